The van der Waals surface area contributed by atoms with Crippen molar-refractivity contribution in [1.29, 1.82) is 0 Å². The number of aliphatic hydroxyl groups is 1. The molecule has 2 aromatic carbocycles. The SMILES string of the molecule is CCOc1cccc(C(O)c2cc(OC)ccc2Br)c1. The highest BCUT2D eigenvalue weighted by molar-refractivity contribution is 9.10. The Hall–Kier alpha value is -1.52. The van der Waals surface area contributed by atoms with Gasteiger partial charge in [0.05, 0.1) is 13.7 Å². The topological polar surface area (TPSA) is 38.7 Å². The molecule has 3 nitrogen and oxygen atoms in total. The van der Waals surface area contributed by atoms with Gasteiger partial charge in [-0.05, 0) is 42.8 Å². The molecule has 0 fully saturated rings. The zero-order chi connectivity index (χ0) is 14.5. The van der Waals surface area contributed by atoms with E-state index < -0.39 is 6.10 Å². The normalized spacial score (nSPS) is 12.0. The highest BCUT2D eigenvalue weighted by Crippen LogP contribution is 2.32. The van der Waals surface area contributed by atoms with Crippen LogP contribution in [0.3, 0.4) is 0 Å². The number of halogens is 1. The molecule has 1 atom stereocenters. The third-order valence-electron chi connectivity index (χ3n) is 2.98. The fourth-order valence-electron chi connectivity index (χ4n) is 1.98. The molecule has 1 unspecified atom stereocenters. The Morgan fingerprint density at radius 1 is 1.15 bits per heavy atom. The molecule has 0 heterocycles. The Bertz CT molecular complexity index is 584. The van der Waals surface area contributed by atoms with Crippen molar-refractivity contribution in [3.8, 4) is 11.5 Å². The third-order valence-corrected chi connectivity index (χ3v) is 3.70. The van der Waals surface area contributed by atoms with Crippen LogP contribution in [0.25, 0.3) is 0 Å². The quantitative estimate of drug-likeness (QED) is 0.898. The van der Waals surface area contributed by atoms with Gasteiger partial charge < -0.3 is 14.6 Å². The summed E-state index contributed by atoms with van der Waals surface area (Å²) in [5, 5.41) is 10.5. The van der Waals surface area contributed by atoms with Crippen molar-refractivity contribution in [3.05, 3.63) is 58.1 Å². The zero-order valence-electron chi connectivity index (χ0n) is 11.5. The number of hydrogen-bond acceptors (Lipinski definition) is 3. The molecule has 1 N–H and O–H groups in total. The average molecular weight is 337 g/mol. The minimum Gasteiger partial charge on any atom is -0.497 e. The second-order valence-electron chi connectivity index (χ2n) is 4.30. The summed E-state index contributed by atoms with van der Waals surface area (Å²) in [6.45, 7) is 2.53. The minimum atomic E-state index is -0.736. The number of aliphatic hydroxyl groups excluding tert-OH is 1. The summed E-state index contributed by atoms with van der Waals surface area (Å²) >= 11 is 3.46. The first-order valence-corrected chi connectivity index (χ1v) is 7.19. The highest BCUT2D eigenvalue weighted by atomic mass is 79.9. The third kappa shape index (κ3) is 3.32. The van der Waals surface area contributed by atoms with Crippen LogP contribution in [0.2, 0.25) is 0 Å². The lowest BCUT2D eigenvalue weighted by Crippen LogP contribution is -2.02. The van der Waals surface area contributed by atoms with Crippen LogP contribution in [-0.4, -0.2) is 18.8 Å². The van der Waals surface area contributed by atoms with Gasteiger partial charge in [-0.3, -0.25) is 0 Å². The second-order valence-corrected chi connectivity index (χ2v) is 5.15. The molecule has 0 aliphatic heterocycles. The Labute approximate surface area is 127 Å². The van der Waals surface area contributed by atoms with Gasteiger partial charge in [-0.25, -0.2) is 0 Å². The molecular formula is C16H17BrO3. The molecule has 0 aliphatic carbocycles. The summed E-state index contributed by atoms with van der Waals surface area (Å²) in [6, 6.07) is 13.0. The molecule has 106 valence electrons. The smallest absolute Gasteiger partial charge is 0.119 e. The van der Waals surface area contributed by atoms with Crippen LogP contribution in [0.5, 0.6) is 11.5 Å². The van der Waals surface area contributed by atoms with Gasteiger partial charge in [0.15, 0.2) is 0 Å². The highest BCUT2D eigenvalue weighted by Gasteiger charge is 2.15. The van der Waals surface area contributed by atoms with E-state index in [1.165, 1.54) is 0 Å². The van der Waals surface area contributed by atoms with E-state index in [0.717, 1.165) is 21.3 Å². The maximum absolute atomic E-state index is 10.5. The van der Waals surface area contributed by atoms with Crippen molar-refractivity contribution in [3.63, 3.8) is 0 Å². The first kappa shape index (κ1) is 14.9. The molecule has 0 radical (unpaired) electrons. The van der Waals surface area contributed by atoms with Crippen LogP contribution in [0.15, 0.2) is 46.9 Å². The molecule has 4 heteroatoms. The van der Waals surface area contributed by atoms with Crippen molar-refractivity contribution in [2.45, 2.75) is 13.0 Å². The van der Waals surface area contributed by atoms with E-state index >= 15 is 0 Å². The van der Waals surface area contributed by atoms with Crippen LogP contribution in [-0.2, 0) is 0 Å². The first-order valence-electron chi connectivity index (χ1n) is 6.40. The minimum absolute atomic E-state index is 0.600. The number of ether oxygens (including phenoxy) is 2. The van der Waals surface area contributed by atoms with Gasteiger partial charge >= 0.3 is 0 Å². The summed E-state index contributed by atoms with van der Waals surface area (Å²) in [5.41, 5.74) is 1.54. The van der Waals surface area contributed by atoms with E-state index in [1.54, 1.807) is 7.11 Å². The van der Waals surface area contributed by atoms with Crippen LogP contribution in [0.4, 0.5) is 0 Å². The number of methoxy groups -OCH3 is 1. The average Bonchev–Trinajstić information content (AvgIpc) is 2.48. The van der Waals surface area contributed by atoms with Crippen molar-refractivity contribution in [1.82, 2.24) is 0 Å². The summed E-state index contributed by atoms with van der Waals surface area (Å²) in [5.74, 6) is 1.46. The molecule has 0 bridgehead atoms. The maximum Gasteiger partial charge on any atom is 0.119 e. The van der Waals surface area contributed by atoms with Crippen molar-refractivity contribution in [2.75, 3.05) is 13.7 Å². The van der Waals surface area contributed by atoms with Gasteiger partial charge in [0.2, 0.25) is 0 Å². The van der Waals surface area contributed by atoms with E-state index in [2.05, 4.69) is 15.9 Å². The van der Waals surface area contributed by atoms with E-state index in [9.17, 15) is 5.11 Å². The van der Waals surface area contributed by atoms with Gasteiger partial charge in [-0.15, -0.1) is 0 Å². The van der Waals surface area contributed by atoms with Crippen molar-refractivity contribution in [2.24, 2.45) is 0 Å². The monoisotopic (exact) mass is 336 g/mol. The molecule has 20 heavy (non-hydrogen) atoms. The van der Waals surface area contributed by atoms with Crippen LogP contribution >= 0.6 is 15.9 Å². The van der Waals surface area contributed by atoms with Crippen molar-refractivity contribution >= 4 is 15.9 Å². The van der Waals surface area contributed by atoms with Gasteiger partial charge in [0, 0.05) is 10.0 Å². The van der Waals surface area contributed by atoms with E-state index in [1.807, 2.05) is 49.4 Å². The summed E-state index contributed by atoms with van der Waals surface area (Å²) in [6.07, 6.45) is -0.736. The zero-order valence-corrected chi connectivity index (χ0v) is 13.1. The molecular weight excluding hydrogens is 320 g/mol. The fraction of sp³-hybridized carbons (Fsp3) is 0.250. The van der Waals surface area contributed by atoms with Crippen molar-refractivity contribution < 1.29 is 14.6 Å². The van der Waals surface area contributed by atoms with Gasteiger partial charge in [0.25, 0.3) is 0 Å². The Morgan fingerprint density at radius 2 is 1.95 bits per heavy atom. The molecule has 0 aliphatic rings. The number of rotatable bonds is 5. The molecule has 0 saturated carbocycles. The second kappa shape index (κ2) is 6.77. The first-order chi connectivity index (χ1) is 9.65. The van der Waals surface area contributed by atoms with Gasteiger partial charge in [-0.2, -0.15) is 0 Å². The van der Waals surface area contributed by atoms with Gasteiger partial charge in [-0.1, -0.05) is 28.1 Å². The molecule has 0 aromatic heterocycles. The predicted octanol–water partition coefficient (Wildman–Crippen LogP) is 3.94. The Kier molecular flexibility index (Phi) is 5.04. The van der Waals surface area contributed by atoms with Crippen LogP contribution < -0.4 is 9.47 Å². The van der Waals surface area contributed by atoms with Crippen LogP contribution in [0.1, 0.15) is 24.2 Å². The Morgan fingerprint density at radius 3 is 2.65 bits per heavy atom. The molecule has 0 amide bonds. The number of benzene rings is 2. The molecule has 0 spiro atoms. The van der Waals surface area contributed by atoms with E-state index in [4.69, 9.17) is 9.47 Å². The van der Waals surface area contributed by atoms with Gasteiger partial charge in [0.1, 0.15) is 17.6 Å². The summed E-state index contributed by atoms with van der Waals surface area (Å²) in [4.78, 5) is 0. The lowest BCUT2D eigenvalue weighted by atomic mass is 10.0. The number of hydrogen-bond donors (Lipinski definition) is 1. The largest absolute Gasteiger partial charge is 0.497 e. The lowest BCUT2D eigenvalue weighted by molar-refractivity contribution is 0.218. The van der Waals surface area contributed by atoms with E-state index in [-0.39, 0.29) is 0 Å². The van der Waals surface area contributed by atoms with E-state index in [0.29, 0.717) is 12.4 Å². The summed E-state index contributed by atoms with van der Waals surface area (Å²) < 4.78 is 11.5. The predicted molar refractivity (Wildman–Crippen MR) is 82.4 cm³/mol. The molecule has 0 saturated heterocycles. The standard InChI is InChI=1S/C16H17BrO3/c1-3-20-13-6-4-5-11(9-13)16(18)14-10-12(19-2)7-8-15(14)17/h4-10,16,18H,3H2,1-2H3. The molecule has 2 aromatic rings. The fourth-order valence-corrected chi connectivity index (χ4v) is 2.44. The van der Waals surface area contributed by atoms with Crippen LogP contribution in [0, 0.1) is 0 Å². The summed E-state index contributed by atoms with van der Waals surface area (Å²) in [7, 11) is 1.61. The maximum atomic E-state index is 10.5. The Balaban J connectivity index is 2.35. The molecule has 2 rings (SSSR count). The lowest BCUT2D eigenvalue weighted by Gasteiger charge is -2.15.